The maximum absolute atomic E-state index is 13.2. The van der Waals surface area contributed by atoms with Crippen molar-refractivity contribution in [3.8, 4) is 0 Å². The van der Waals surface area contributed by atoms with Gasteiger partial charge < -0.3 is 10.2 Å². The van der Waals surface area contributed by atoms with Crippen LogP contribution in [0.25, 0.3) is 0 Å². The van der Waals surface area contributed by atoms with Gasteiger partial charge in [-0.3, -0.25) is 9.10 Å². The van der Waals surface area contributed by atoms with Gasteiger partial charge in [0.15, 0.2) is 0 Å². The van der Waals surface area contributed by atoms with Crippen LogP contribution >= 0.6 is 11.6 Å². The number of benzene rings is 2. The van der Waals surface area contributed by atoms with Crippen molar-refractivity contribution < 1.29 is 21.6 Å². The summed E-state index contributed by atoms with van der Waals surface area (Å²) in [4.78, 5) is 19.5. The van der Waals surface area contributed by atoms with Crippen LogP contribution in [0, 0.1) is 6.92 Å². The molecule has 13 heteroatoms. The largest absolute Gasteiger partial charge is 0.354 e. The third kappa shape index (κ3) is 6.09. The van der Waals surface area contributed by atoms with E-state index in [2.05, 4.69) is 10.3 Å². The number of rotatable bonds is 7. The van der Waals surface area contributed by atoms with Crippen LogP contribution in [0.15, 0.2) is 65.6 Å². The van der Waals surface area contributed by atoms with Crippen molar-refractivity contribution in [3.63, 3.8) is 0 Å². The summed E-state index contributed by atoms with van der Waals surface area (Å²) in [6.45, 7) is 3.38. The van der Waals surface area contributed by atoms with Crippen molar-refractivity contribution in [2.24, 2.45) is 0 Å². The van der Waals surface area contributed by atoms with E-state index in [1.165, 1.54) is 47.8 Å². The van der Waals surface area contributed by atoms with E-state index in [4.69, 9.17) is 11.6 Å². The van der Waals surface area contributed by atoms with E-state index in [0.29, 0.717) is 36.9 Å². The highest BCUT2D eigenvalue weighted by atomic mass is 35.5. The second-order valence-electron chi connectivity index (χ2n) is 8.90. The highest BCUT2D eigenvalue weighted by Gasteiger charge is 2.29. The first-order chi connectivity index (χ1) is 17.9. The summed E-state index contributed by atoms with van der Waals surface area (Å²) in [5.74, 6) is 0.198. The van der Waals surface area contributed by atoms with Crippen molar-refractivity contribution in [1.82, 2.24) is 9.29 Å². The molecule has 2 aromatic carbocycles. The molecule has 10 nitrogen and oxygen atoms in total. The fourth-order valence-electron chi connectivity index (χ4n) is 4.11. The maximum Gasteiger partial charge on any atom is 0.257 e. The smallest absolute Gasteiger partial charge is 0.257 e. The minimum absolute atomic E-state index is 0.109. The van der Waals surface area contributed by atoms with Gasteiger partial charge in [0.25, 0.3) is 5.91 Å². The Labute approximate surface area is 227 Å². The van der Waals surface area contributed by atoms with Crippen molar-refractivity contribution in [2.75, 3.05) is 54.0 Å². The van der Waals surface area contributed by atoms with Gasteiger partial charge >= 0.3 is 0 Å². The normalized spacial score (nSPS) is 14.8. The van der Waals surface area contributed by atoms with E-state index in [9.17, 15) is 21.6 Å². The number of piperazine rings is 1. The lowest BCUT2D eigenvalue weighted by atomic mass is 10.1. The van der Waals surface area contributed by atoms with E-state index in [0.717, 1.165) is 22.1 Å². The molecule has 1 N–H and O–H groups in total. The second-order valence-corrected chi connectivity index (χ2v) is 13.3. The first kappa shape index (κ1) is 27.8. The summed E-state index contributed by atoms with van der Waals surface area (Å²) in [5, 5.41) is 3.29. The van der Waals surface area contributed by atoms with Crippen molar-refractivity contribution in [1.29, 1.82) is 0 Å². The Morgan fingerprint density at radius 3 is 2.21 bits per heavy atom. The summed E-state index contributed by atoms with van der Waals surface area (Å²) in [7, 11) is -5.94. The van der Waals surface area contributed by atoms with Gasteiger partial charge in [0.1, 0.15) is 5.82 Å². The Morgan fingerprint density at radius 1 is 0.974 bits per heavy atom. The Kier molecular flexibility index (Phi) is 7.98. The number of carbonyl (C=O) groups excluding carboxylic acids is 1. The molecule has 202 valence electrons. The summed E-state index contributed by atoms with van der Waals surface area (Å²) >= 11 is 6.14. The number of nitrogens with zero attached hydrogens (tertiary/aromatic N) is 4. The summed E-state index contributed by atoms with van der Waals surface area (Å²) < 4.78 is 52.8. The topological polar surface area (TPSA) is 120 Å². The first-order valence-corrected chi connectivity index (χ1v) is 15.4. The van der Waals surface area contributed by atoms with Gasteiger partial charge in [-0.2, -0.15) is 4.31 Å². The van der Waals surface area contributed by atoms with Crippen molar-refractivity contribution in [3.05, 3.63) is 76.9 Å². The second kappa shape index (κ2) is 10.9. The van der Waals surface area contributed by atoms with Gasteiger partial charge in [-0.25, -0.2) is 21.8 Å². The quantitative estimate of drug-likeness (QED) is 0.458. The van der Waals surface area contributed by atoms with E-state index in [1.54, 1.807) is 24.3 Å². The number of nitrogens with one attached hydrogen (secondary N) is 1. The standard InChI is InChI=1S/C25H28ClN5O5S2/c1-18-16-19(26)17-24(27-18)30-12-14-31(15-13-30)38(35,36)21-10-8-20(9-11-21)28-25(32)22-6-4-5-7-23(22)29(2)37(3,33)34/h4-11,16-17H,12-15H2,1-3H3,(H,28,32). The van der Waals surface area contributed by atoms with E-state index < -0.39 is 26.0 Å². The van der Waals surface area contributed by atoms with Gasteiger partial charge in [-0.1, -0.05) is 23.7 Å². The van der Waals surface area contributed by atoms with Crippen molar-refractivity contribution in [2.45, 2.75) is 11.8 Å². The van der Waals surface area contributed by atoms with E-state index >= 15 is 0 Å². The van der Waals surface area contributed by atoms with Crippen LogP contribution in [0.5, 0.6) is 0 Å². The number of para-hydroxylation sites is 1. The molecule has 0 radical (unpaired) electrons. The number of aryl methyl sites for hydroxylation is 1. The predicted octanol–water partition coefficient (Wildman–Crippen LogP) is 3.20. The van der Waals surface area contributed by atoms with Gasteiger partial charge in [0.2, 0.25) is 20.0 Å². The molecule has 38 heavy (non-hydrogen) atoms. The molecule has 0 spiro atoms. The molecule has 0 bridgehead atoms. The number of carbonyl (C=O) groups is 1. The molecule has 1 amide bonds. The average molecular weight is 578 g/mol. The fraction of sp³-hybridized carbons (Fsp3) is 0.280. The number of hydrogen-bond donors (Lipinski definition) is 1. The van der Waals surface area contributed by atoms with Crippen molar-refractivity contribution >= 4 is 54.7 Å². The lowest BCUT2D eigenvalue weighted by Crippen LogP contribution is -2.48. The molecule has 1 aliphatic rings. The van der Waals surface area contributed by atoms with Gasteiger partial charge in [-0.05, 0) is 55.5 Å². The van der Waals surface area contributed by atoms with Gasteiger partial charge in [0, 0.05) is 49.6 Å². The van der Waals surface area contributed by atoms with Crippen LogP contribution < -0.4 is 14.5 Å². The zero-order valence-electron chi connectivity index (χ0n) is 21.1. The third-order valence-corrected chi connectivity index (χ3v) is 9.53. The van der Waals surface area contributed by atoms with Crippen LogP contribution in [0.2, 0.25) is 5.02 Å². The third-order valence-electron chi connectivity index (χ3n) is 6.20. The summed E-state index contributed by atoms with van der Waals surface area (Å²) in [6.07, 6.45) is 1.05. The number of amides is 1. The Morgan fingerprint density at radius 2 is 1.61 bits per heavy atom. The lowest BCUT2D eigenvalue weighted by Gasteiger charge is -2.34. The van der Waals surface area contributed by atoms with Crippen LogP contribution in [-0.2, 0) is 20.0 Å². The number of hydrogen-bond acceptors (Lipinski definition) is 7. The number of anilines is 3. The van der Waals surface area contributed by atoms with E-state index in [-0.39, 0.29) is 16.1 Å². The van der Waals surface area contributed by atoms with Gasteiger partial charge in [-0.15, -0.1) is 0 Å². The molecule has 1 aliphatic heterocycles. The zero-order valence-corrected chi connectivity index (χ0v) is 23.5. The minimum Gasteiger partial charge on any atom is -0.354 e. The minimum atomic E-state index is -3.74. The molecule has 0 saturated carbocycles. The van der Waals surface area contributed by atoms with Gasteiger partial charge in [0.05, 0.1) is 22.4 Å². The van der Waals surface area contributed by atoms with Crippen LogP contribution in [-0.4, -0.2) is 71.5 Å². The highest BCUT2D eigenvalue weighted by Crippen LogP contribution is 2.25. The molecule has 0 unspecified atom stereocenters. The Bertz CT molecular complexity index is 1530. The molecular weight excluding hydrogens is 550 g/mol. The Balaban J connectivity index is 1.44. The van der Waals surface area contributed by atoms with E-state index in [1.807, 2.05) is 11.8 Å². The number of sulfonamides is 2. The van der Waals surface area contributed by atoms with Crippen LogP contribution in [0.3, 0.4) is 0 Å². The molecular formula is C25H28ClN5O5S2. The molecule has 1 saturated heterocycles. The first-order valence-electron chi connectivity index (χ1n) is 11.7. The monoisotopic (exact) mass is 577 g/mol. The fourth-order valence-corrected chi connectivity index (χ4v) is 6.30. The highest BCUT2D eigenvalue weighted by molar-refractivity contribution is 7.92. The molecule has 4 rings (SSSR count). The van der Waals surface area contributed by atoms with Crippen LogP contribution in [0.1, 0.15) is 16.1 Å². The number of halogens is 1. The zero-order chi connectivity index (χ0) is 27.7. The summed E-state index contributed by atoms with van der Waals surface area (Å²) in [6, 6.07) is 15.7. The Hall–Kier alpha value is -3.19. The molecule has 0 aliphatic carbocycles. The SMILES string of the molecule is Cc1cc(Cl)cc(N2CCN(S(=O)(=O)c3ccc(NC(=O)c4ccccc4N(C)S(C)(=O)=O)cc3)CC2)n1. The molecule has 0 atom stereocenters. The molecule has 3 aromatic rings. The maximum atomic E-state index is 13.2. The number of aromatic nitrogens is 1. The predicted molar refractivity (Wildman–Crippen MR) is 149 cm³/mol. The summed E-state index contributed by atoms with van der Waals surface area (Å²) in [5.41, 5.74) is 1.56. The molecule has 1 fully saturated rings. The molecule has 2 heterocycles. The number of pyridine rings is 1. The van der Waals surface area contributed by atoms with Crippen LogP contribution in [0.4, 0.5) is 17.2 Å². The average Bonchev–Trinajstić information content (AvgIpc) is 2.87. The molecule has 1 aromatic heterocycles. The lowest BCUT2D eigenvalue weighted by molar-refractivity contribution is 0.102.